The Morgan fingerprint density at radius 2 is 1.93 bits per heavy atom. The van der Waals surface area contributed by atoms with Crippen LogP contribution in [0.1, 0.15) is 6.92 Å². The Morgan fingerprint density at radius 1 is 1.43 bits per heavy atom. The number of halogens is 2. The van der Waals surface area contributed by atoms with E-state index in [2.05, 4.69) is 0 Å². The smallest absolute Gasteiger partial charge is 0.258 e. The zero-order chi connectivity index (χ0) is 10.7. The Bertz CT molecular complexity index is 334. The van der Waals surface area contributed by atoms with Gasteiger partial charge in [0.2, 0.25) is 0 Å². The van der Waals surface area contributed by atoms with Gasteiger partial charge in [0.05, 0.1) is 10.0 Å². The summed E-state index contributed by atoms with van der Waals surface area (Å²) in [6.07, 6.45) is -0.757. The second-order valence-corrected chi connectivity index (χ2v) is 3.53. The fourth-order valence-corrected chi connectivity index (χ4v) is 1.32. The van der Waals surface area contributed by atoms with Crippen LogP contribution < -0.4 is 10.5 Å². The van der Waals surface area contributed by atoms with E-state index in [-0.39, 0.29) is 5.75 Å². The van der Waals surface area contributed by atoms with Gasteiger partial charge in [-0.2, -0.15) is 0 Å². The van der Waals surface area contributed by atoms with Gasteiger partial charge in [-0.1, -0.05) is 29.3 Å². The van der Waals surface area contributed by atoms with Crippen LogP contribution >= 0.6 is 23.2 Å². The van der Waals surface area contributed by atoms with Gasteiger partial charge in [-0.05, 0) is 19.1 Å². The van der Waals surface area contributed by atoms with E-state index in [1.54, 1.807) is 18.2 Å². The van der Waals surface area contributed by atoms with E-state index in [4.69, 9.17) is 33.7 Å². The summed E-state index contributed by atoms with van der Waals surface area (Å²) in [7, 11) is 0. The van der Waals surface area contributed by atoms with E-state index in [9.17, 15) is 4.79 Å². The van der Waals surface area contributed by atoms with Crippen molar-refractivity contribution in [2.75, 3.05) is 0 Å². The molecule has 0 heterocycles. The summed E-state index contributed by atoms with van der Waals surface area (Å²) in [5.74, 6) is -0.289. The summed E-state index contributed by atoms with van der Waals surface area (Å²) in [6.45, 7) is 1.53. The fraction of sp³-hybridized carbons (Fsp3) is 0.222. The third-order valence-corrected chi connectivity index (χ3v) is 2.21. The highest BCUT2D eigenvalue weighted by molar-refractivity contribution is 6.37. The normalized spacial score (nSPS) is 12.2. The summed E-state index contributed by atoms with van der Waals surface area (Å²) in [6, 6.07) is 4.93. The number of amides is 1. The predicted molar refractivity (Wildman–Crippen MR) is 55.7 cm³/mol. The van der Waals surface area contributed by atoms with Gasteiger partial charge < -0.3 is 10.5 Å². The molecule has 0 aliphatic heterocycles. The number of primary amides is 1. The molecule has 76 valence electrons. The predicted octanol–water partition coefficient (Wildman–Crippen LogP) is 2.25. The Kier molecular flexibility index (Phi) is 3.61. The van der Waals surface area contributed by atoms with Crippen molar-refractivity contribution in [2.45, 2.75) is 13.0 Å². The number of rotatable bonds is 3. The summed E-state index contributed by atoms with van der Waals surface area (Å²) in [5.41, 5.74) is 5.03. The third kappa shape index (κ3) is 2.53. The first-order chi connectivity index (χ1) is 6.52. The van der Waals surface area contributed by atoms with Gasteiger partial charge in [0, 0.05) is 0 Å². The molecule has 5 heteroatoms. The topological polar surface area (TPSA) is 52.3 Å². The lowest BCUT2D eigenvalue weighted by atomic mass is 10.3. The lowest BCUT2D eigenvalue weighted by Crippen LogP contribution is -2.30. The van der Waals surface area contributed by atoms with Gasteiger partial charge in [-0.3, -0.25) is 4.79 Å². The van der Waals surface area contributed by atoms with Crippen molar-refractivity contribution >= 4 is 29.1 Å². The minimum atomic E-state index is -0.757. The molecule has 1 aromatic rings. The number of hydrogen-bond donors (Lipinski definition) is 1. The van der Waals surface area contributed by atoms with Crippen molar-refractivity contribution in [1.82, 2.24) is 0 Å². The number of nitrogens with two attached hydrogens (primary N) is 1. The molecule has 1 aromatic carbocycles. The molecule has 3 nitrogen and oxygen atoms in total. The second kappa shape index (κ2) is 4.53. The summed E-state index contributed by atoms with van der Waals surface area (Å²) in [4.78, 5) is 10.7. The average Bonchev–Trinajstić information content (AvgIpc) is 2.11. The first-order valence-corrected chi connectivity index (χ1v) is 4.68. The highest BCUT2D eigenvalue weighted by Gasteiger charge is 2.14. The molecule has 0 aliphatic rings. The molecule has 1 atom stereocenters. The Morgan fingerprint density at radius 3 is 2.36 bits per heavy atom. The van der Waals surface area contributed by atoms with E-state index >= 15 is 0 Å². The Balaban J connectivity index is 2.91. The van der Waals surface area contributed by atoms with E-state index in [0.29, 0.717) is 10.0 Å². The second-order valence-electron chi connectivity index (χ2n) is 2.71. The molecule has 0 unspecified atom stereocenters. The number of carbonyl (C=O) groups is 1. The Hall–Kier alpha value is -0.930. The van der Waals surface area contributed by atoms with Crippen LogP contribution in [0.25, 0.3) is 0 Å². The van der Waals surface area contributed by atoms with Crippen LogP contribution in [0.5, 0.6) is 5.75 Å². The molecule has 1 amide bonds. The molecule has 0 saturated carbocycles. The maximum atomic E-state index is 10.7. The first-order valence-electron chi connectivity index (χ1n) is 3.92. The molecule has 2 N–H and O–H groups in total. The van der Waals surface area contributed by atoms with Gasteiger partial charge in [0.15, 0.2) is 11.9 Å². The zero-order valence-corrected chi connectivity index (χ0v) is 8.97. The van der Waals surface area contributed by atoms with Crippen molar-refractivity contribution in [3.63, 3.8) is 0 Å². The number of benzene rings is 1. The van der Waals surface area contributed by atoms with Crippen LogP contribution in [0.3, 0.4) is 0 Å². The van der Waals surface area contributed by atoms with Crippen LogP contribution in [0.4, 0.5) is 0 Å². The molecule has 0 fully saturated rings. The molecule has 0 bridgehead atoms. The van der Waals surface area contributed by atoms with Crippen LogP contribution in [-0.4, -0.2) is 12.0 Å². The molecule has 0 radical (unpaired) electrons. The van der Waals surface area contributed by atoms with E-state index in [1.165, 1.54) is 6.92 Å². The molecular formula is C9H9Cl2NO2. The van der Waals surface area contributed by atoms with Crippen molar-refractivity contribution in [3.05, 3.63) is 28.2 Å². The van der Waals surface area contributed by atoms with Gasteiger partial charge in [-0.15, -0.1) is 0 Å². The third-order valence-electron chi connectivity index (χ3n) is 1.61. The quantitative estimate of drug-likeness (QED) is 0.871. The SMILES string of the molecule is C[C@H](Oc1c(Cl)cccc1Cl)C(N)=O. The number of ether oxygens (including phenoxy) is 1. The number of para-hydroxylation sites is 1. The van der Waals surface area contributed by atoms with Crippen LogP contribution in [-0.2, 0) is 4.79 Å². The first kappa shape index (κ1) is 11.1. The monoisotopic (exact) mass is 233 g/mol. The maximum Gasteiger partial charge on any atom is 0.258 e. The Labute approximate surface area is 91.7 Å². The van der Waals surface area contributed by atoms with Crippen LogP contribution in [0.15, 0.2) is 18.2 Å². The average molecular weight is 234 g/mol. The highest BCUT2D eigenvalue weighted by Crippen LogP contribution is 2.32. The standard InChI is InChI=1S/C9H9Cl2NO2/c1-5(9(12)13)14-8-6(10)3-2-4-7(8)11/h2-5H,1H3,(H2,12,13)/t5-/m0/s1. The van der Waals surface area contributed by atoms with E-state index in [1.807, 2.05) is 0 Å². The van der Waals surface area contributed by atoms with E-state index in [0.717, 1.165) is 0 Å². The summed E-state index contributed by atoms with van der Waals surface area (Å²) < 4.78 is 5.20. The maximum absolute atomic E-state index is 10.7. The van der Waals surface area contributed by atoms with Crippen molar-refractivity contribution < 1.29 is 9.53 Å². The molecule has 14 heavy (non-hydrogen) atoms. The van der Waals surface area contributed by atoms with Crippen molar-refractivity contribution in [1.29, 1.82) is 0 Å². The highest BCUT2D eigenvalue weighted by atomic mass is 35.5. The van der Waals surface area contributed by atoms with E-state index < -0.39 is 12.0 Å². The van der Waals surface area contributed by atoms with Gasteiger partial charge in [-0.25, -0.2) is 0 Å². The number of hydrogen-bond acceptors (Lipinski definition) is 2. The fourth-order valence-electron chi connectivity index (χ4n) is 0.830. The molecule has 1 rings (SSSR count). The van der Waals surface area contributed by atoms with Crippen LogP contribution in [0, 0.1) is 0 Å². The minimum Gasteiger partial charge on any atom is -0.478 e. The van der Waals surface area contributed by atoms with Gasteiger partial charge in [0.1, 0.15) is 0 Å². The number of carbonyl (C=O) groups excluding carboxylic acids is 1. The lowest BCUT2D eigenvalue weighted by molar-refractivity contribution is -0.123. The molecular weight excluding hydrogens is 225 g/mol. The molecule has 0 aliphatic carbocycles. The lowest BCUT2D eigenvalue weighted by Gasteiger charge is -2.13. The summed E-state index contributed by atoms with van der Waals surface area (Å²) in [5, 5.41) is 0.705. The van der Waals surface area contributed by atoms with Crippen molar-refractivity contribution in [3.8, 4) is 5.75 Å². The van der Waals surface area contributed by atoms with Gasteiger partial charge in [0.25, 0.3) is 5.91 Å². The molecule has 0 saturated heterocycles. The minimum absolute atomic E-state index is 0.280. The van der Waals surface area contributed by atoms with Crippen molar-refractivity contribution in [2.24, 2.45) is 5.73 Å². The summed E-state index contributed by atoms with van der Waals surface area (Å²) >= 11 is 11.6. The van der Waals surface area contributed by atoms with Gasteiger partial charge >= 0.3 is 0 Å². The van der Waals surface area contributed by atoms with Crippen LogP contribution in [0.2, 0.25) is 10.0 Å². The molecule has 0 spiro atoms. The molecule has 0 aromatic heterocycles. The largest absolute Gasteiger partial charge is 0.478 e. The zero-order valence-electron chi connectivity index (χ0n) is 7.46.